The Morgan fingerprint density at radius 1 is 1.24 bits per heavy atom. The first-order chi connectivity index (χ1) is 15.5. The normalized spacial score (nSPS) is 17.7. The maximum absolute atomic E-state index is 13.5. The van der Waals surface area contributed by atoms with Gasteiger partial charge < -0.3 is 10.8 Å². The molecule has 1 atom stereocenters. The van der Waals surface area contributed by atoms with Crippen molar-refractivity contribution in [1.29, 1.82) is 0 Å². The number of alkyl halides is 3. The van der Waals surface area contributed by atoms with Gasteiger partial charge in [0.25, 0.3) is 0 Å². The minimum atomic E-state index is -5.08. The minimum absolute atomic E-state index is 0.0363. The number of hydrogen-bond acceptors (Lipinski definition) is 6. The molecule has 1 aromatic heterocycles. The fraction of sp³-hybridized carbons (Fsp3) is 0.526. The van der Waals surface area contributed by atoms with E-state index in [2.05, 4.69) is 10.3 Å². The molecule has 0 amide bonds. The third kappa shape index (κ3) is 7.17. The summed E-state index contributed by atoms with van der Waals surface area (Å²) in [4.78, 5) is 8.66. The molecule has 15 heteroatoms. The van der Waals surface area contributed by atoms with Crippen LogP contribution in [0.15, 0.2) is 29.3 Å². The van der Waals surface area contributed by atoms with Gasteiger partial charge >= 0.3 is 12.1 Å². The second-order valence-electron chi connectivity index (χ2n) is 8.30. The number of aromatic nitrogens is 3. The number of hydrogen-bond donors (Lipinski definition) is 2. The first kappa shape index (κ1) is 27.6. The lowest BCUT2D eigenvalue weighted by Crippen LogP contribution is -2.41. The van der Waals surface area contributed by atoms with Crippen LogP contribution in [0.4, 0.5) is 22.0 Å². The highest BCUT2D eigenvalue weighted by atomic mass is 32.2. The van der Waals surface area contributed by atoms with E-state index in [9.17, 15) is 30.4 Å². The topological polar surface area (TPSA) is 131 Å². The summed E-state index contributed by atoms with van der Waals surface area (Å²) in [5.74, 6) is -4.97. The molecule has 0 spiro atoms. The van der Waals surface area contributed by atoms with Crippen molar-refractivity contribution < 1.29 is 40.3 Å². The molecule has 0 bridgehead atoms. The molecule has 34 heavy (non-hydrogen) atoms. The van der Waals surface area contributed by atoms with Crippen molar-refractivity contribution in [2.24, 2.45) is 11.7 Å². The number of carbonyl (C=O) groups is 1. The zero-order valence-electron chi connectivity index (χ0n) is 18.3. The maximum Gasteiger partial charge on any atom is 0.490 e. The van der Waals surface area contributed by atoms with Gasteiger partial charge in [-0.3, -0.25) is 4.68 Å². The first-order valence-corrected chi connectivity index (χ1v) is 11.4. The molecule has 1 aromatic carbocycles. The number of carboxylic acids is 1. The van der Waals surface area contributed by atoms with Gasteiger partial charge in [0.2, 0.25) is 10.0 Å². The SMILES string of the molecule is CC(C)(N)c1cn(CC2CCCN(S(=O)(=O)c3ccc(F)c(F)c3)C2)nn1.O=C(O)C(F)(F)F. The molecule has 0 saturated carbocycles. The summed E-state index contributed by atoms with van der Waals surface area (Å²) in [6.45, 7) is 4.79. The second kappa shape index (κ2) is 10.3. The summed E-state index contributed by atoms with van der Waals surface area (Å²) in [5.41, 5.74) is 6.06. The molecule has 1 aliphatic rings. The summed E-state index contributed by atoms with van der Waals surface area (Å²) < 4.78 is 86.8. The molecule has 2 aromatic rings. The Balaban J connectivity index is 0.000000509. The third-order valence-electron chi connectivity index (χ3n) is 4.90. The maximum atomic E-state index is 13.5. The first-order valence-electron chi connectivity index (χ1n) is 9.96. The van der Waals surface area contributed by atoms with E-state index in [1.807, 2.05) is 13.8 Å². The average molecular weight is 513 g/mol. The average Bonchev–Trinajstić information content (AvgIpc) is 3.19. The van der Waals surface area contributed by atoms with Crippen LogP contribution in [0, 0.1) is 17.6 Å². The Morgan fingerprint density at radius 2 is 1.85 bits per heavy atom. The van der Waals surface area contributed by atoms with Crippen LogP contribution in [0.2, 0.25) is 0 Å². The van der Waals surface area contributed by atoms with Crippen molar-refractivity contribution in [1.82, 2.24) is 19.3 Å². The van der Waals surface area contributed by atoms with Crippen LogP contribution < -0.4 is 5.73 Å². The van der Waals surface area contributed by atoms with Gasteiger partial charge in [0.15, 0.2) is 11.6 Å². The zero-order valence-corrected chi connectivity index (χ0v) is 19.1. The van der Waals surface area contributed by atoms with E-state index >= 15 is 0 Å². The van der Waals surface area contributed by atoms with Gasteiger partial charge in [-0.1, -0.05) is 5.21 Å². The number of halogens is 5. The molecule has 1 saturated heterocycles. The summed E-state index contributed by atoms with van der Waals surface area (Å²) in [6.07, 6.45) is -1.80. The number of piperidine rings is 1. The molecule has 0 aliphatic carbocycles. The molecule has 3 rings (SSSR count). The van der Waals surface area contributed by atoms with Gasteiger partial charge in [-0.15, -0.1) is 5.10 Å². The number of carboxylic acid groups (broad SMARTS) is 1. The number of sulfonamides is 1. The van der Waals surface area contributed by atoms with Crippen LogP contribution in [-0.2, 0) is 26.9 Å². The van der Waals surface area contributed by atoms with E-state index in [-0.39, 0.29) is 17.4 Å². The predicted molar refractivity (Wildman–Crippen MR) is 109 cm³/mol. The van der Waals surface area contributed by atoms with Crippen molar-refractivity contribution in [3.05, 3.63) is 41.7 Å². The zero-order chi connectivity index (χ0) is 25.9. The Kier molecular flexibility index (Phi) is 8.37. The lowest BCUT2D eigenvalue weighted by atomic mass is 9.99. The fourth-order valence-electron chi connectivity index (χ4n) is 3.13. The Labute approximate surface area is 192 Å². The molecule has 190 valence electrons. The van der Waals surface area contributed by atoms with Crippen LogP contribution in [-0.4, -0.2) is 58.1 Å². The van der Waals surface area contributed by atoms with Crippen LogP contribution in [0.1, 0.15) is 32.4 Å². The Bertz CT molecular complexity index is 1120. The summed E-state index contributed by atoms with van der Waals surface area (Å²) in [7, 11) is -3.88. The Hall–Kier alpha value is -2.65. The van der Waals surface area contributed by atoms with Gasteiger partial charge in [-0.25, -0.2) is 22.0 Å². The van der Waals surface area contributed by atoms with Gasteiger partial charge in [0.05, 0.1) is 16.6 Å². The summed E-state index contributed by atoms with van der Waals surface area (Å²) in [5, 5.41) is 15.3. The summed E-state index contributed by atoms with van der Waals surface area (Å²) >= 11 is 0. The smallest absolute Gasteiger partial charge is 0.475 e. The highest BCUT2D eigenvalue weighted by Gasteiger charge is 2.38. The monoisotopic (exact) mass is 513 g/mol. The van der Waals surface area contributed by atoms with Gasteiger partial charge in [-0.2, -0.15) is 17.5 Å². The van der Waals surface area contributed by atoms with E-state index < -0.39 is 39.3 Å². The molecule has 0 radical (unpaired) electrons. The second-order valence-corrected chi connectivity index (χ2v) is 10.2. The summed E-state index contributed by atoms with van der Waals surface area (Å²) in [6, 6.07) is 2.64. The quantitative estimate of drug-likeness (QED) is 0.587. The molecule has 1 fully saturated rings. The molecular weight excluding hydrogens is 489 g/mol. The molecule has 1 aliphatic heterocycles. The van der Waals surface area contributed by atoms with Crippen LogP contribution in [0.5, 0.6) is 0 Å². The number of rotatable bonds is 5. The van der Waals surface area contributed by atoms with Crippen molar-refractivity contribution >= 4 is 16.0 Å². The third-order valence-corrected chi connectivity index (χ3v) is 6.76. The van der Waals surface area contributed by atoms with E-state index in [0.29, 0.717) is 25.2 Å². The number of nitrogens with zero attached hydrogens (tertiary/aromatic N) is 4. The number of benzene rings is 1. The molecular formula is C19H24F5N5O4S. The fourth-order valence-corrected chi connectivity index (χ4v) is 4.70. The molecule has 2 heterocycles. The van der Waals surface area contributed by atoms with E-state index in [1.54, 1.807) is 10.9 Å². The molecule has 3 N–H and O–H groups in total. The highest BCUT2D eigenvalue weighted by Crippen LogP contribution is 2.26. The lowest BCUT2D eigenvalue weighted by molar-refractivity contribution is -0.192. The van der Waals surface area contributed by atoms with Crippen molar-refractivity contribution in [2.75, 3.05) is 13.1 Å². The largest absolute Gasteiger partial charge is 0.490 e. The predicted octanol–water partition coefficient (Wildman–Crippen LogP) is 2.48. The van der Waals surface area contributed by atoms with Crippen molar-refractivity contribution in [3.8, 4) is 0 Å². The number of aliphatic carboxylic acids is 1. The Morgan fingerprint density at radius 3 is 2.35 bits per heavy atom. The lowest BCUT2D eigenvalue weighted by Gasteiger charge is -2.31. The van der Waals surface area contributed by atoms with Crippen molar-refractivity contribution in [2.45, 2.75) is 49.8 Å². The van der Waals surface area contributed by atoms with Gasteiger partial charge in [-0.05, 0) is 50.8 Å². The minimum Gasteiger partial charge on any atom is -0.475 e. The van der Waals surface area contributed by atoms with E-state index in [0.717, 1.165) is 24.6 Å². The highest BCUT2D eigenvalue weighted by molar-refractivity contribution is 7.89. The van der Waals surface area contributed by atoms with Crippen molar-refractivity contribution in [3.63, 3.8) is 0 Å². The van der Waals surface area contributed by atoms with Gasteiger partial charge in [0.1, 0.15) is 5.69 Å². The standard InChI is InChI=1S/C17H23F2N5O2S.C2HF3O2/c1-17(2,20)16-11-23(22-21-16)9-12-4-3-7-24(10-12)27(25,26)13-5-6-14(18)15(19)8-13;3-2(4,5)1(6)7/h5-6,8,11-12H,3-4,7,9-10,20H2,1-2H3;(H,6,7). The van der Waals surface area contributed by atoms with E-state index in [4.69, 9.17) is 15.6 Å². The van der Waals surface area contributed by atoms with Crippen LogP contribution in [0.3, 0.4) is 0 Å². The van der Waals surface area contributed by atoms with Gasteiger partial charge in [0, 0.05) is 19.6 Å². The van der Waals surface area contributed by atoms with E-state index in [1.165, 1.54) is 4.31 Å². The van der Waals surface area contributed by atoms with Crippen LogP contribution in [0.25, 0.3) is 0 Å². The number of nitrogens with two attached hydrogens (primary N) is 1. The molecule has 1 unspecified atom stereocenters. The van der Waals surface area contributed by atoms with Crippen LogP contribution >= 0.6 is 0 Å². The molecule has 9 nitrogen and oxygen atoms in total.